The minimum Gasteiger partial charge on any atom is -0.339 e. The molecule has 1 heterocycles. The molecule has 19 heavy (non-hydrogen) atoms. The van der Waals surface area contributed by atoms with Crippen molar-refractivity contribution in [2.45, 2.75) is 19.8 Å². The Kier molecular flexibility index (Phi) is 4.59. The maximum Gasteiger partial charge on any atom is 0.255 e. The second-order valence-electron chi connectivity index (χ2n) is 5.03. The van der Waals surface area contributed by atoms with E-state index in [9.17, 15) is 4.79 Å². The molecule has 3 nitrogen and oxygen atoms in total. The van der Waals surface area contributed by atoms with Crippen LogP contribution in [0.25, 0.3) is 0 Å². The number of piperidine rings is 1. The van der Waals surface area contributed by atoms with Crippen LogP contribution >= 0.6 is 0 Å². The highest BCUT2D eigenvalue weighted by Crippen LogP contribution is 2.19. The molecule has 0 saturated carbocycles. The predicted molar refractivity (Wildman–Crippen MR) is 76.7 cm³/mol. The van der Waals surface area contributed by atoms with Gasteiger partial charge >= 0.3 is 0 Å². The highest BCUT2D eigenvalue weighted by Gasteiger charge is 2.22. The lowest BCUT2D eigenvalue weighted by Gasteiger charge is -2.30. The Bertz CT molecular complexity index is 505. The number of nitrogens with two attached hydrogens (primary N) is 1. The Morgan fingerprint density at radius 2 is 2.05 bits per heavy atom. The minimum absolute atomic E-state index is 0.0915. The van der Waals surface area contributed by atoms with Crippen LogP contribution in [-0.2, 0) is 0 Å². The molecular weight excluding hydrogens is 236 g/mol. The third-order valence-corrected chi connectivity index (χ3v) is 3.55. The number of hydrogen-bond acceptors (Lipinski definition) is 2. The van der Waals surface area contributed by atoms with Gasteiger partial charge in [-0.05, 0) is 30.9 Å². The van der Waals surface area contributed by atoms with E-state index in [1.165, 1.54) is 0 Å². The summed E-state index contributed by atoms with van der Waals surface area (Å²) >= 11 is 0. The van der Waals surface area contributed by atoms with Crippen LogP contribution in [0.1, 0.15) is 35.7 Å². The van der Waals surface area contributed by atoms with Crippen LogP contribution in [0.15, 0.2) is 24.3 Å². The molecule has 2 rings (SSSR count). The van der Waals surface area contributed by atoms with Crippen LogP contribution in [-0.4, -0.2) is 30.4 Å². The molecule has 0 aromatic heterocycles. The van der Waals surface area contributed by atoms with Gasteiger partial charge in [-0.25, -0.2) is 0 Å². The Morgan fingerprint density at radius 1 is 1.37 bits per heavy atom. The first-order chi connectivity index (χ1) is 9.22. The molecule has 1 saturated heterocycles. The lowest BCUT2D eigenvalue weighted by Crippen LogP contribution is -2.38. The number of likely N-dealkylation sites (tertiary alicyclic amines) is 1. The molecule has 0 spiro atoms. The average molecular weight is 256 g/mol. The second kappa shape index (κ2) is 6.40. The van der Waals surface area contributed by atoms with E-state index in [1.807, 2.05) is 29.2 Å². The zero-order chi connectivity index (χ0) is 13.7. The number of benzene rings is 1. The Hall–Kier alpha value is -1.79. The van der Waals surface area contributed by atoms with Gasteiger partial charge in [0, 0.05) is 18.7 Å². The van der Waals surface area contributed by atoms with Crippen LogP contribution in [0.2, 0.25) is 0 Å². The standard InChI is InChI=1S/C16H20N2O/c1-13-8-11-18(12-9-13)16(19)15-7-3-2-5-14(15)6-4-10-17/h2-3,5,7,13H,8-12,17H2,1H3. The van der Waals surface area contributed by atoms with E-state index in [0.717, 1.165) is 37.4 Å². The van der Waals surface area contributed by atoms with Gasteiger partial charge < -0.3 is 10.6 Å². The largest absolute Gasteiger partial charge is 0.339 e. The van der Waals surface area contributed by atoms with E-state index in [4.69, 9.17) is 5.73 Å². The molecule has 1 fully saturated rings. The molecular formula is C16H20N2O. The van der Waals surface area contributed by atoms with Crippen molar-refractivity contribution in [1.82, 2.24) is 4.90 Å². The van der Waals surface area contributed by atoms with Gasteiger partial charge in [-0.3, -0.25) is 4.79 Å². The summed E-state index contributed by atoms with van der Waals surface area (Å²) in [7, 11) is 0. The Labute approximate surface area is 114 Å². The molecule has 100 valence electrons. The van der Waals surface area contributed by atoms with E-state index in [0.29, 0.717) is 12.1 Å². The minimum atomic E-state index is 0.0915. The number of amides is 1. The van der Waals surface area contributed by atoms with E-state index in [2.05, 4.69) is 18.8 Å². The van der Waals surface area contributed by atoms with Crippen molar-refractivity contribution in [2.24, 2.45) is 11.7 Å². The van der Waals surface area contributed by atoms with Crippen LogP contribution in [0.5, 0.6) is 0 Å². The van der Waals surface area contributed by atoms with Crippen molar-refractivity contribution in [2.75, 3.05) is 19.6 Å². The lowest BCUT2D eigenvalue weighted by molar-refractivity contribution is 0.0697. The highest BCUT2D eigenvalue weighted by molar-refractivity contribution is 5.96. The summed E-state index contributed by atoms with van der Waals surface area (Å²) < 4.78 is 0. The molecule has 1 amide bonds. The first-order valence-electron chi connectivity index (χ1n) is 6.79. The topological polar surface area (TPSA) is 46.3 Å². The summed E-state index contributed by atoms with van der Waals surface area (Å²) in [5.74, 6) is 6.61. The Morgan fingerprint density at radius 3 is 2.74 bits per heavy atom. The zero-order valence-electron chi connectivity index (χ0n) is 11.4. The van der Waals surface area contributed by atoms with Crippen LogP contribution < -0.4 is 5.73 Å². The summed E-state index contributed by atoms with van der Waals surface area (Å²) in [6.07, 6.45) is 2.17. The molecule has 2 N–H and O–H groups in total. The van der Waals surface area contributed by atoms with Gasteiger partial charge in [0.05, 0.1) is 12.1 Å². The molecule has 1 aromatic rings. The van der Waals surface area contributed by atoms with Gasteiger partial charge in [-0.1, -0.05) is 30.9 Å². The van der Waals surface area contributed by atoms with Crippen molar-refractivity contribution in [3.8, 4) is 11.8 Å². The normalized spacial score (nSPS) is 15.8. The van der Waals surface area contributed by atoms with Crippen LogP contribution in [0, 0.1) is 17.8 Å². The number of carbonyl (C=O) groups is 1. The summed E-state index contributed by atoms with van der Waals surface area (Å²) in [6.45, 7) is 4.24. The molecule has 0 radical (unpaired) electrons. The van der Waals surface area contributed by atoms with E-state index in [-0.39, 0.29) is 5.91 Å². The first kappa shape index (κ1) is 13.6. The quantitative estimate of drug-likeness (QED) is 0.780. The molecule has 0 bridgehead atoms. The van der Waals surface area contributed by atoms with Gasteiger partial charge in [0.2, 0.25) is 0 Å². The number of hydrogen-bond donors (Lipinski definition) is 1. The third-order valence-electron chi connectivity index (χ3n) is 3.55. The van der Waals surface area contributed by atoms with Gasteiger partial charge in [0.1, 0.15) is 0 Å². The van der Waals surface area contributed by atoms with Crippen molar-refractivity contribution in [3.63, 3.8) is 0 Å². The monoisotopic (exact) mass is 256 g/mol. The molecule has 0 aliphatic carbocycles. The lowest BCUT2D eigenvalue weighted by atomic mass is 9.98. The van der Waals surface area contributed by atoms with E-state index < -0.39 is 0 Å². The fourth-order valence-electron chi connectivity index (χ4n) is 2.31. The fourth-order valence-corrected chi connectivity index (χ4v) is 2.31. The summed E-state index contributed by atoms with van der Waals surface area (Å²) in [5.41, 5.74) is 6.86. The van der Waals surface area contributed by atoms with Crippen molar-refractivity contribution < 1.29 is 4.79 Å². The Balaban J connectivity index is 2.19. The molecule has 1 aliphatic heterocycles. The summed E-state index contributed by atoms with van der Waals surface area (Å²) in [5, 5.41) is 0. The predicted octanol–water partition coefficient (Wildman–Crippen LogP) is 1.87. The maximum absolute atomic E-state index is 12.5. The summed E-state index contributed by atoms with van der Waals surface area (Å²) in [4.78, 5) is 14.5. The van der Waals surface area contributed by atoms with Crippen molar-refractivity contribution in [3.05, 3.63) is 35.4 Å². The number of rotatable bonds is 1. The number of carbonyl (C=O) groups excluding carboxylic acids is 1. The van der Waals surface area contributed by atoms with Gasteiger partial charge in [0.15, 0.2) is 0 Å². The fraction of sp³-hybridized carbons (Fsp3) is 0.438. The molecule has 0 unspecified atom stereocenters. The van der Waals surface area contributed by atoms with Crippen LogP contribution in [0.3, 0.4) is 0 Å². The molecule has 0 atom stereocenters. The first-order valence-corrected chi connectivity index (χ1v) is 6.79. The van der Waals surface area contributed by atoms with Gasteiger partial charge in [0.25, 0.3) is 5.91 Å². The number of nitrogens with zero attached hydrogens (tertiary/aromatic N) is 1. The molecule has 1 aromatic carbocycles. The van der Waals surface area contributed by atoms with Gasteiger partial charge in [-0.2, -0.15) is 0 Å². The van der Waals surface area contributed by atoms with Crippen molar-refractivity contribution in [1.29, 1.82) is 0 Å². The molecule has 3 heteroatoms. The molecule has 1 aliphatic rings. The van der Waals surface area contributed by atoms with Gasteiger partial charge in [-0.15, -0.1) is 0 Å². The zero-order valence-corrected chi connectivity index (χ0v) is 11.4. The van der Waals surface area contributed by atoms with E-state index in [1.54, 1.807) is 0 Å². The third kappa shape index (κ3) is 3.36. The maximum atomic E-state index is 12.5. The van der Waals surface area contributed by atoms with Crippen LogP contribution in [0.4, 0.5) is 0 Å². The SMILES string of the molecule is CC1CCN(C(=O)c2ccccc2C#CCN)CC1. The summed E-state index contributed by atoms with van der Waals surface area (Å²) in [6, 6.07) is 7.51. The highest BCUT2D eigenvalue weighted by atomic mass is 16.2. The van der Waals surface area contributed by atoms with Crippen molar-refractivity contribution >= 4 is 5.91 Å². The van der Waals surface area contributed by atoms with E-state index >= 15 is 0 Å². The average Bonchev–Trinajstić information content (AvgIpc) is 2.45. The smallest absolute Gasteiger partial charge is 0.255 e. The second-order valence-corrected chi connectivity index (χ2v) is 5.03.